The highest BCUT2D eigenvalue weighted by atomic mass is 16.3. The number of furan rings is 1. The summed E-state index contributed by atoms with van der Waals surface area (Å²) >= 11 is 0. The van der Waals surface area contributed by atoms with Crippen LogP contribution in [0.1, 0.15) is 12.0 Å². The summed E-state index contributed by atoms with van der Waals surface area (Å²) in [6.07, 6.45) is 10.6. The number of rotatable bonds is 3. The molecule has 1 heterocycles. The zero-order valence-electron chi connectivity index (χ0n) is 8.52. The maximum absolute atomic E-state index is 5.32. The van der Waals surface area contributed by atoms with Crippen LogP contribution in [-0.4, -0.2) is 0 Å². The van der Waals surface area contributed by atoms with E-state index >= 15 is 0 Å². The predicted molar refractivity (Wildman–Crippen MR) is 64.4 cm³/mol. The van der Waals surface area contributed by atoms with E-state index in [0.717, 1.165) is 23.0 Å². The van der Waals surface area contributed by atoms with E-state index in [2.05, 4.69) is 19.1 Å². The fourth-order valence-electron chi connectivity index (χ4n) is 1.42. The quantitative estimate of drug-likeness (QED) is 0.671. The van der Waals surface area contributed by atoms with Crippen LogP contribution in [0.15, 0.2) is 53.2 Å². The first-order chi connectivity index (χ1) is 7.40. The van der Waals surface area contributed by atoms with Gasteiger partial charge >= 0.3 is 0 Å². The molecule has 0 amide bonds. The first kappa shape index (κ1) is 9.78. The van der Waals surface area contributed by atoms with E-state index in [4.69, 9.17) is 4.42 Å². The highest BCUT2D eigenvalue weighted by molar-refractivity contribution is 5.79. The molecule has 0 bridgehead atoms. The van der Waals surface area contributed by atoms with Crippen molar-refractivity contribution < 1.29 is 4.42 Å². The Labute approximate surface area is 89.7 Å². The summed E-state index contributed by atoms with van der Waals surface area (Å²) in [6, 6.07) is 8.13. The number of hydrogen-bond donors (Lipinski definition) is 0. The van der Waals surface area contributed by atoms with E-state index in [1.54, 1.807) is 6.26 Å². The van der Waals surface area contributed by atoms with Gasteiger partial charge in [-0.25, -0.2) is 0 Å². The van der Waals surface area contributed by atoms with Gasteiger partial charge in [0.05, 0.1) is 6.26 Å². The van der Waals surface area contributed by atoms with Crippen LogP contribution in [0.5, 0.6) is 0 Å². The van der Waals surface area contributed by atoms with Crippen molar-refractivity contribution in [3.05, 3.63) is 61.2 Å². The van der Waals surface area contributed by atoms with Crippen molar-refractivity contribution in [1.29, 1.82) is 0 Å². The molecule has 0 aliphatic rings. The molecule has 75 valence electrons. The Hall–Kier alpha value is -1.76. The van der Waals surface area contributed by atoms with Crippen molar-refractivity contribution >= 4 is 17.0 Å². The SMILES string of the molecule is [CH2]CC=CC=Cc1ccc2ccoc2c1. The van der Waals surface area contributed by atoms with Crippen LogP contribution in [0.25, 0.3) is 17.0 Å². The average molecular weight is 197 g/mol. The number of allylic oxidation sites excluding steroid dienone is 3. The third-order valence-electron chi connectivity index (χ3n) is 2.18. The van der Waals surface area contributed by atoms with Gasteiger partial charge in [0.2, 0.25) is 0 Å². The Morgan fingerprint density at radius 3 is 3.00 bits per heavy atom. The zero-order chi connectivity index (χ0) is 10.5. The van der Waals surface area contributed by atoms with Crippen molar-refractivity contribution in [3.8, 4) is 0 Å². The molecule has 0 saturated carbocycles. The van der Waals surface area contributed by atoms with Gasteiger partial charge in [0.15, 0.2) is 0 Å². The molecule has 0 unspecified atom stereocenters. The molecular weight excluding hydrogens is 184 g/mol. The fourth-order valence-corrected chi connectivity index (χ4v) is 1.42. The summed E-state index contributed by atoms with van der Waals surface area (Å²) in [5.74, 6) is 0. The van der Waals surface area contributed by atoms with Gasteiger partial charge in [-0.05, 0) is 31.0 Å². The van der Waals surface area contributed by atoms with Crippen molar-refractivity contribution in [2.24, 2.45) is 0 Å². The number of fused-ring (bicyclic) bond motifs is 1. The molecule has 0 aliphatic carbocycles. The second-order valence-electron chi connectivity index (χ2n) is 3.29. The molecule has 0 aliphatic heterocycles. The standard InChI is InChI=1S/C14H13O/c1-2-3-4-5-6-12-7-8-13-9-10-15-14(13)11-12/h3-11H,1-2H2. The predicted octanol–water partition coefficient (Wildman–Crippen LogP) is 4.23. The highest BCUT2D eigenvalue weighted by Crippen LogP contribution is 2.17. The van der Waals surface area contributed by atoms with E-state index in [0.29, 0.717) is 0 Å². The van der Waals surface area contributed by atoms with Crippen molar-refractivity contribution in [2.45, 2.75) is 6.42 Å². The first-order valence-electron chi connectivity index (χ1n) is 5.00. The molecule has 15 heavy (non-hydrogen) atoms. The lowest BCUT2D eigenvalue weighted by Gasteiger charge is -1.92. The van der Waals surface area contributed by atoms with Crippen LogP contribution in [0.3, 0.4) is 0 Å². The Bertz CT molecular complexity index is 489. The van der Waals surface area contributed by atoms with Crippen molar-refractivity contribution in [2.75, 3.05) is 0 Å². The van der Waals surface area contributed by atoms with Gasteiger partial charge < -0.3 is 4.42 Å². The molecule has 1 aromatic heterocycles. The van der Waals surface area contributed by atoms with Gasteiger partial charge in [-0.15, -0.1) is 0 Å². The summed E-state index contributed by atoms with van der Waals surface area (Å²) in [6.45, 7) is 3.73. The maximum atomic E-state index is 5.32. The smallest absolute Gasteiger partial charge is 0.134 e. The Morgan fingerprint density at radius 1 is 1.20 bits per heavy atom. The van der Waals surface area contributed by atoms with Crippen molar-refractivity contribution in [3.63, 3.8) is 0 Å². The third-order valence-corrected chi connectivity index (χ3v) is 2.18. The molecule has 0 spiro atoms. The number of hydrogen-bond acceptors (Lipinski definition) is 1. The van der Waals surface area contributed by atoms with Crippen LogP contribution in [0, 0.1) is 6.92 Å². The summed E-state index contributed by atoms with van der Waals surface area (Å²) in [5, 5.41) is 1.14. The summed E-state index contributed by atoms with van der Waals surface area (Å²) in [5.41, 5.74) is 2.07. The van der Waals surface area contributed by atoms with Gasteiger partial charge in [0.1, 0.15) is 5.58 Å². The van der Waals surface area contributed by atoms with Crippen LogP contribution in [0.4, 0.5) is 0 Å². The minimum atomic E-state index is 0.821. The van der Waals surface area contributed by atoms with E-state index in [9.17, 15) is 0 Å². The van der Waals surface area contributed by atoms with Crippen LogP contribution in [0.2, 0.25) is 0 Å². The van der Waals surface area contributed by atoms with Crippen LogP contribution in [-0.2, 0) is 0 Å². The van der Waals surface area contributed by atoms with Gasteiger partial charge in [-0.1, -0.05) is 36.4 Å². The van der Waals surface area contributed by atoms with Gasteiger partial charge in [0, 0.05) is 5.39 Å². The second kappa shape index (κ2) is 4.65. The van der Waals surface area contributed by atoms with Crippen molar-refractivity contribution in [1.82, 2.24) is 0 Å². The van der Waals surface area contributed by atoms with Gasteiger partial charge in [-0.3, -0.25) is 0 Å². The lowest BCUT2D eigenvalue weighted by atomic mass is 10.1. The van der Waals surface area contributed by atoms with Gasteiger partial charge in [0.25, 0.3) is 0 Å². The molecule has 1 aromatic carbocycles. The largest absolute Gasteiger partial charge is 0.464 e. The molecule has 0 N–H and O–H groups in total. The van der Waals surface area contributed by atoms with E-state index in [-0.39, 0.29) is 0 Å². The lowest BCUT2D eigenvalue weighted by Crippen LogP contribution is -1.70. The molecule has 0 fully saturated rings. The number of benzene rings is 1. The van der Waals surface area contributed by atoms with E-state index in [1.807, 2.05) is 36.4 Å². The van der Waals surface area contributed by atoms with Crippen LogP contribution < -0.4 is 0 Å². The van der Waals surface area contributed by atoms with Gasteiger partial charge in [-0.2, -0.15) is 0 Å². The first-order valence-corrected chi connectivity index (χ1v) is 5.00. The highest BCUT2D eigenvalue weighted by Gasteiger charge is 1.95. The van der Waals surface area contributed by atoms with E-state index in [1.165, 1.54) is 0 Å². The Morgan fingerprint density at radius 2 is 2.13 bits per heavy atom. The Kier molecular flexibility index (Phi) is 3.03. The van der Waals surface area contributed by atoms with Crippen LogP contribution >= 0.6 is 0 Å². The molecule has 0 saturated heterocycles. The molecule has 1 nitrogen and oxygen atoms in total. The summed E-state index contributed by atoms with van der Waals surface area (Å²) in [4.78, 5) is 0. The molecular formula is C14H13O. The summed E-state index contributed by atoms with van der Waals surface area (Å²) < 4.78 is 5.32. The second-order valence-corrected chi connectivity index (χ2v) is 3.29. The molecule has 1 radical (unpaired) electrons. The normalized spacial score (nSPS) is 12.1. The molecule has 0 atom stereocenters. The zero-order valence-corrected chi connectivity index (χ0v) is 8.52. The molecule has 2 aromatic rings. The average Bonchev–Trinajstić information content (AvgIpc) is 2.71. The summed E-state index contributed by atoms with van der Waals surface area (Å²) in [7, 11) is 0. The monoisotopic (exact) mass is 197 g/mol. The molecule has 1 heteroatoms. The lowest BCUT2D eigenvalue weighted by molar-refractivity contribution is 0.616. The molecule has 2 rings (SSSR count). The Balaban J connectivity index is 2.21. The van der Waals surface area contributed by atoms with E-state index < -0.39 is 0 Å². The maximum Gasteiger partial charge on any atom is 0.134 e. The minimum Gasteiger partial charge on any atom is -0.464 e. The fraction of sp³-hybridized carbons (Fsp3) is 0.0714. The minimum absolute atomic E-state index is 0.821. The topological polar surface area (TPSA) is 13.1 Å². The third kappa shape index (κ3) is 2.38.